The Kier molecular flexibility index (Phi) is 7.78. The molecule has 2 aromatic rings. The van der Waals surface area contributed by atoms with Crippen molar-refractivity contribution in [2.24, 2.45) is 5.73 Å². The number of thiophene rings is 1. The molecule has 0 bridgehead atoms. The van der Waals surface area contributed by atoms with Crippen LogP contribution in [0.4, 0.5) is 0 Å². The molecule has 1 aliphatic rings. The molecule has 0 saturated heterocycles. The zero-order chi connectivity index (χ0) is 21.6. The summed E-state index contributed by atoms with van der Waals surface area (Å²) in [5.74, 6) is 1.41. The Hall–Kier alpha value is -2.05. The first kappa shape index (κ1) is 22.6. The fourth-order valence-corrected chi connectivity index (χ4v) is 4.90. The number of carbonyl (C=O) groups excluding carboxylic acids is 1. The molecular formula is C24H34N2O3S. The highest BCUT2D eigenvalue weighted by molar-refractivity contribution is 7.09. The van der Waals surface area contributed by atoms with Crippen molar-refractivity contribution in [2.45, 2.75) is 57.4 Å². The van der Waals surface area contributed by atoms with Gasteiger partial charge in [0.25, 0.3) is 5.91 Å². The second-order valence-electron chi connectivity index (χ2n) is 8.41. The smallest absolute Gasteiger partial charge is 0.254 e. The minimum atomic E-state index is -0.249. The lowest BCUT2D eigenvalue weighted by Gasteiger charge is -2.33. The number of hydrogen-bond acceptors (Lipinski definition) is 5. The monoisotopic (exact) mass is 430 g/mol. The Morgan fingerprint density at radius 2 is 1.97 bits per heavy atom. The Morgan fingerprint density at radius 3 is 2.67 bits per heavy atom. The Balaban J connectivity index is 1.47. The number of hydrogen-bond donors (Lipinski definition) is 1. The molecule has 30 heavy (non-hydrogen) atoms. The van der Waals surface area contributed by atoms with Crippen molar-refractivity contribution in [1.82, 2.24) is 4.90 Å². The fraction of sp³-hybridized carbons (Fsp3) is 0.542. The molecule has 1 amide bonds. The maximum atomic E-state index is 13.0. The molecule has 6 heteroatoms. The molecule has 1 unspecified atom stereocenters. The first-order valence-corrected chi connectivity index (χ1v) is 11.7. The maximum absolute atomic E-state index is 13.0. The first-order chi connectivity index (χ1) is 14.4. The van der Waals surface area contributed by atoms with E-state index in [9.17, 15) is 4.79 Å². The van der Waals surface area contributed by atoms with Crippen LogP contribution in [0.2, 0.25) is 0 Å². The lowest BCUT2D eigenvalue weighted by atomic mass is 9.90. The van der Waals surface area contributed by atoms with Crippen LogP contribution in [0.5, 0.6) is 11.5 Å². The van der Waals surface area contributed by atoms with Crippen LogP contribution in [0, 0.1) is 0 Å². The van der Waals surface area contributed by atoms with E-state index in [1.54, 1.807) is 14.2 Å². The molecule has 1 aromatic carbocycles. The topological polar surface area (TPSA) is 64.8 Å². The molecule has 1 aliphatic heterocycles. The summed E-state index contributed by atoms with van der Waals surface area (Å²) in [4.78, 5) is 16.4. The van der Waals surface area contributed by atoms with Gasteiger partial charge in [-0.15, -0.1) is 11.3 Å². The van der Waals surface area contributed by atoms with Crippen molar-refractivity contribution in [2.75, 3.05) is 27.3 Å². The molecule has 1 aromatic heterocycles. The van der Waals surface area contributed by atoms with Gasteiger partial charge in [0.05, 0.1) is 14.2 Å². The Labute approximate surface area is 184 Å². The quantitative estimate of drug-likeness (QED) is 0.526. The van der Waals surface area contributed by atoms with Gasteiger partial charge in [0.2, 0.25) is 0 Å². The maximum Gasteiger partial charge on any atom is 0.254 e. The van der Waals surface area contributed by atoms with Gasteiger partial charge in [0.1, 0.15) is 0 Å². The number of nitrogens with two attached hydrogens (primary N) is 1. The molecule has 0 spiro atoms. The van der Waals surface area contributed by atoms with E-state index in [4.69, 9.17) is 15.2 Å². The highest BCUT2D eigenvalue weighted by Gasteiger charge is 2.29. The Morgan fingerprint density at radius 1 is 1.13 bits per heavy atom. The zero-order valence-electron chi connectivity index (χ0n) is 18.4. The molecule has 164 valence electrons. The summed E-state index contributed by atoms with van der Waals surface area (Å²) < 4.78 is 10.9. The van der Waals surface area contributed by atoms with Gasteiger partial charge in [-0.3, -0.25) is 4.79 Å². The average molecular weight is 431 g/mol. The fourth-order valence-electron chi connectivity index (χ4n) is 4.15. The van der Waals surface area contributed by atoms with Crippen LogP contribution in [0.25, 0.3) is 0 Å². The van der Waals surface area contributed by atoms with Crippen molar-refractivity contribution in [1.29, 1.82) is 0 Å². The van der Waals surface area contributed by atoms with Gasteiger partial charge in [-0.1, -0.05) is 18.9 Å². The van der Waals surface area contributed by atoms with E-state index in [0.29, 0.717) is 30.2 Å². The van der Waals surface area contributed by atoms with Crippen LogP contribution in [-0.4, -0.2) is 43.7 Å². The van der Waals surface area contributed by atoms with Crippen LogP contribution >= 0.6 is 11.3 Å². The summed E-state index contributed by atoms with van der Waals surface area (Å²) in [6, 6.07) is 7.98. The van der Waals surface area contributed by atoms with Crippen molar-refractivity contribution >= 4 is 17.2 Å². The molecule has 2 N–H and O–H groups in total. The third-order valence-electron chi connectivity index (χ3n) is 6.00. The third kappa shape index (κ3) is 5.55. The predicted octanol–water partition coefficient (Wildman–Crippen LogP) is 4.67. The number of nitrogens with zero attached hydrogens (tertiary/aromatic N) is 1. The van der Waals surface area contributed by atoms with Crippen molar-refractivity contribution in [3.05, 3.63) is 45.6 Å². The highest BCUT2D eigenvalue weighted by atomic mass is 32.1. The number of carbonyl (C=O) groups is 1. The molecular weight excluding hydrogens is 396 g/mol. The molecule has 0 aliphatic carbocycles. The van der Waals surface area contributed by atoms with Crippen LogP contribution in [0.3, 0.4) is 0 Å². The standard InChI is InChI=1S/C24H34N2O3S/c1-24(25,13-6-4-5-8-18-9-7-17-30-18)14-16-26-15-12-19-20(23(26)27)10-11-21(28-2)22(19)29-3/h7,9-11,17H,4-6,8,12-16,25H2,1-3H3. The van der Waals surface area contributed by atoms with Gasteiger partial charge < -0.3 is 20.1 Å². The third-order valence-corrected chi connectivity index (χ3v) is 6.94. The lowest BCUT2D eigenvalue weighted by molar-refractivity contribution is 0.0725. The second kappa shape index (κ2) is 10.3. The molecule has 1 atom stereocenters. The van der Waals surface area contributed by atoms with E-state index in [1.165, 1.54) is 17.7 Å². The molecule has 0 radical (unpaired) electrons. The molecule has 3 rings (SSSR count). The highest BCUT2D eigenvalue weighted by Crippen LogP contribution is 2.36. The van der Waals surface area contributed by atoms with Crippen LogP contribution in [0.1, 0.15) is 59.8 Å². The van der Waals surface area contributed by atoms with E-state index in [-0.39, 0.29) is 11.4 Å². The van der Waals surface area contributed by atoms with Crippen LogP contribution in [-0.2, 0) is 12.8 Å². The zero-order valence-corrected chi connectivity index (χ0v) is 19.2. The lowest BCUT2D eigenvalue weighted by Crippen LogP contribution is -2.44. The molecule has 0 fully saturated rings. The average Bonchev–Trinajstić information content (AvgIpc) is 3.25. The predicted molar refractivity (Wildman–Crippen MR) is 123 cm³/mol. The molecule has 5 nitrogen and oxygen atoms in total. The minimum absolute atomic E-state index is 0.0592. The number of amides is 1. The number of aryl methyl sites for hydroxylation is 1. The largest absolute Gasteiger partial charge is 0.493 e. The molecule has 0 saturated carbocycles. The number of fused-ring (bicyclic) bond motifs is 1. The van der Waals surface area contributed by atoms with E-state index in [0.717, 1.165) is 37.7 Å². The first-order valence-electron chi connectivity index (χ1n) is 10.8. The van der Waals surface area contributed by atoms with Gasteiger partial charge in [-0.05, 0) is 62.6 Å². The summed E-state index contributed by atoms with van der Waals surface area (Å²) in [5.41, 5.74) is 7.97. The van der Waals surface area contributed by atoms with E-state index in [2.05, 4.69) is 24.4 Å². The van der Waals surface area contributed by atoms with Crippen molar-refractivity contribution in [3.8, 4) is 11.5 Å². The van der Waals surface area contributed by atoms with Crippen LogP contribution < -0.4 is 15.2 Å². The van der Waals surface area contributed by atoms with Gasteiger partial charge in [-0.2, -0.15) is 0 Å². The summed E-state index contributed by atoms with van der Waals surface area (Å²) in [7, 11) is 3.24. The summed E-state index contributed by atoms with van der Waals surface area (Å²) in [6.45, 7) is 3.49. The van der Waals surface area contributed by atoms with E-state index >= 15 is 0 Å². The van der Waals surface area contributed by atoms with E-state index < -0.39 is 0 Å². The summed E-state index contributed by atoms with van der Waals surface area (Å²) in [5, 5.41) is 2.14. The number of benzene rings is 1. The van der Waals surface area contributed by atoms with Gasteiger partial charge in [0.15, 0.2) is 11.5 Å². The van der Waals surface area contributed by atoms with E-state index in [1.807, 2.05) is 28.4 Å². The van der Waals surface area contributed by atoms with Crippen molar-refractivity contribution < 1.29 is 14.3 Å². The minimum Gasteiger partial charge on any atom is -0.493 e. The number of ether oxygens (including phenoxy) is 2. The summed E-state index contributed by atoms with van der Waals surface area (Å²) >= 11 is 1.83. The second-order valence-corrected chi connectivity index (χ2v) is 9.45. The summed E-state index contributed by atoms with van der Waals surface area (Å²) in [6.07, 6.45) is 7.27. The normalized spacial score (nSPS) is 15.6. The number of methoxy groups -OCH3 is 2. The van der Waals surface area contributed by atoms with Gasteiger partial charge in [-0.25, -0.2) is 0 Å². The van der Waals surface area contributed by atoms with Crippen LogP contribution in [0.15, 0.2) is 29.6 Å². The molecule has 2 heterocycles. The SMILES string of the molecule is COc1ccc2c(c1OC)CCN(CCC(C)(N)CCCCCc1cccs1)C2=O. The number of unbranched alkanes of at least 4 members (excludes halogenated alkanes) is 2. The van der Waals surface area contributed by atoms with Gasteiger partial charge >= 0.3 is 0 Å². The van der Waals surface area contributed by atoms with Crippen molar-refractivity contribution in [3.63, 3.8) is 0 Å². The number of rotatable bonds is 11. The Bertz CT molecular complexity index is 833. The van der Waals surface area contributed by atoms with Gasteiger partial charge in [0, 0.05) is 34.6 Å².